The molecule has 10 heteroatoms. The van der Waals surface area contributed by atoms with E-state index in [2.05, 4.69) is 32.6 Å². The van der Waals surface area contributed by atoms with Gasteiger partial charge in [0.05, 0.1) is 11.7 Å². The number of amides is 2. The summed E-state index contributed by atoms with van der Waals surface area (Å²) in [5.41, 5.74) is 6.67. The summed E-state index contributed by atoms with van der Waals surface area (Å²) in [5, 5.41) is 10.4. The van der Waals surface area contributed by atoms with Crippen molar-refractivity contribution in [2.24, 2.45) is 17.6 Å². The highest BCUT2D eigenvalue weighted by Gasteiger charge is 2.26. The van der Waals surface area contributed by atoms with E-state index >= 15 is 0 Å². The molecule has 5 rings (SSSR count). The number of hydrogen-bond donors (Lipinski definition) is 3. The number of nitrogens with zero attached hydrogens (tertiary/aromatic N) is 4. The fourth-order valence-electron chi connectivity index (χ4n) is 4.60. The Kier molecular flexibility index (Phi) is 6.52. The fourth-order valence-corrected chi connectivity index (χ4v) is 4.60. The molecule has 0 bridgehead atoms. The quantitative estimate of drug-likeness (QED) is 0.418. The average molecular weight is 478 g/mol. The summed E-state index contributed by atoms with van der Waals surface area (Å²) in [6.07, 6.45) is 12.6. The maximum atomic E-state index is 12.9. The lowest BCUT2D eigenvalue weighted by Gasteiger charge is -2.27. The van der Waals surface area contributed by atoms with Gasteiger partial charge in [0.15, 0.2) is 11.4 Å². The van der Waals surface area contributed by atoms with Crippen molar-refractivity contribution < 1.29 is 14.0 Å². The highest BCUT2D eigenvalue weighted by molar-refractivity contribution is 6.07. The van der Waals surface area contributed by atoms with Gasteiger partial charge in [0.25, 0.3) is 11.8 Å². The van der Waals surface area contributed by atoms with Gasteiger partial charge in [0, 0.05) is 24.5 Å². The van der Waals surface area contributed by atoms with Gasteiger partial charge in [-0.05, 0) is 62.5 Å². The molecular formula is C25H31N7O3. The van der Waals surface area contributed by atoms with Crippen LogP contribution < -0.4 is 16.4 Å². The fraction of sp³-hybridized carbons (Fsp3) is 0.480. The average Bonchev–Trinajstić information content (AvgIpc) is 3.39. The smallest absolute Gasteiger partial charge is 0.277 e. The summed E-state index contributed by atoms with van der Waals surface area (Å²) in [6, 6.07) is 3.81. The topological polar surface area (TPSA) is 141 Å². The number of carbonyl (C=O) groups is 2. The number of hydrogen-bond acceptors (Lipinski definition) is 7. The molecule has 0 unspecified atom stereocenters. The third kappa shape index (κ3) is 5.36. The largest absolute Gasteiger partial charge is 0.444 e. The summed E-state index contributed by atoms with van der Waals surface area (Å²) < 4.78 is 7.33. The van der Waals surface area contributed by atoms with E-state index in [-0.39, 0.29) is 23.1 Å². The number of primary amides is 1. The first-order valence-corrected chi connectivity index (χ1v) is 12.4. The van der Waals surface area contributed by atoms with Crippen LogP contribution in [-0.2, 0) is 0 Å². The number of aromatic nitrogens is 4. The van der Waals surface area contributed by atoms with Crippen LogP contribution >= 0.6 is 0 Å². The number of rotatable bonds is 9. The second-order valence-electron chi connectivity index (χ2n) is 9.56. The predicted molar refractivity (Wildman–Crippen MR) is 131 cm³/mol. The van der Waals surface area contributed by atoms with E-state index in [0.29, 0.717) is 11.5 Å². The summed E-state index contributed by atoms with van der Waals surface area (Å²) >= 11 is 0. The van der Waals surface area contributed by atoms with Crippen molar-refractivity contribution in [3.63, 3.8) is 0 Å². The van der Waals surface area contributed by atoms with Gasteiger partial charge in [-0.1, -0.05) is 13.3 Å². The van der Waals surface area contributed by atoms with Gasteiger partial charge >= 0.3 is 0 Å². The van der Waals surface area contributed by atoms with Gasteiger partial charge in [0.1, 0.15) is 12.1 Å². The molecule has 3 aromatic rings. The summed E-state index contributed by atoms with van der Waals surface area (Å²) in [5.74, 6) is 1.32. The molecule has 0 radical (unpaired) electrons. The van der Waals surface area contributed by atoms with Gasteiger partial charge in [0.2, 0.25) is 5.89 Å². The molecule has 0 aromatic carbocycles. The van der Waals surface area contributed by atoms with E-state index in [1.54, 1.807) is 23.1 Å². The van der Waals surface area contributed by atoms with Crippen molar-refractivity contribution in [2.75, 3.05) is 17.2 Å². The van der Waals surface area contributed by atoms with Crippen LogP contribution in [0.15, 0.2) is 35.2 Å². The van der Waals surface area contributed by atoms with Gasteiger partial charge in [-0.2, -0.15) is 5.10 Å². The summed E-state index contributed by atoms with van der Waals surface area (Å²) in [4.78, 5) is 33.6. The molecule has 4 N–H and O–H groups in total. The molecule has 2 aliphatic carbocycles. The van der Waals surface area contributed by atoms with E-state index in [0.717, 1.165) is 49.9 Å². The Balaban J connectivity index is 1.28. The minimum atomic E-state index is -0.690. The van der Waals surface area contributed by atoms with E-state index in [9.17, 15) is 9.59 Å². The van der Waals surface area contributed by atoms with Crippen molar-refractivity contribution >= 4 is 23.3 Å². The maximum Gasteiger partial charge on any atom is 0.277 e. The number of pyridine rings is 1. The van der Waals surface area contributed by atoms with Crippen molar-refractivity contribution in [2.45, 2.75) is 57.9 Å². The van der Waals surface area contributed by atoms with Crippen LogP contribution in [0, 0.1) is 11.8 Å². The Bertz CT molecular complexity index is 1210. The number of nitrogens with one attached hydrogen (secondary N) is 2. The molecule has 0 aliphatic heterocycles. The van der Waals surface area contributed by atoms with E-state index in [4.69, 9.17) is 10.2 Å². The van der Waals surface area contributed by atoms with Crippen molar-refractivity contribution in [3.05, 3.63) is 42.2 Å². The number of nitrogens with two attached hydrogens (primary N) is 1. The number of oxazole rings is 1. The molecule has 0 atom stereocenters. The van der Waals surface area contributed by atoms with Crippen LogP contribution in [0.25, 0.3) is 11.5 Å². The zero-order chi connectivity index (χ0) is 24.4. The Labute approximate surface area is 203 Å². The standard InChI is InChI=1S/C25H31N7O3/c1-2-15-5-7-18(8-6-15)32-13-19(22(31-32)23(26)33)29-24(34)20-14-35-25(30-20)17-9-10-27-21(11-17)28-12-16-3-4-16/h9-11,13-16,18H,2-8,12H2,1H3,(H2,26,33)(H,27,28)(H,29,34)/t15-,18+. The second-order valence-corrected chi connectivity index (χ2v) is 9.56. The van der Waals surface area contributed by atoms with Crippen LogP contribution in [0.4, 0.5) is 11.5 Å². The zero-order valence-electron chi connectivity index (χ0n) is 19.9. The summed E-state index contributed by atoms with van der Waals surface area (Å²) in [6.45, 7) is 3.11. The maximum absolute atomic E-state index is 12.9. The molecule has 3 aromatic heterocycles. The normalized spacial score (nSPS) is 19.9. The molecule has 35 heavy (non-hydrogen) atoms. The van der Waals surface area contributed by atoms with Crippen LogP contribution in [0.5, 0.6) is 0 Å². The highest BCUT2D eigenvalue weighted by Crippen LogP contribution is 2.34. The monoisotopic (exact) mass is 477 g/mol. The highest BCUT2D eigenvalue weighted by atomic mass is 16.3. The molecule has 10 nitrogen and oxygen atoms in total. The lowest BCUT2D eigenvalue weighted by Crippen LogP contribution is -2.20. The molecule has 2 saturated carbocycles. The van der Waals surface area contributed by atoms with Crippen LogP contribution in [0.2, 0.25) is 0 Å². The Morgan fingerprint density at radius 2 is 1.94 bits per heavy atom. The molecule has 2 amide bonds. The van der Waals surface area contributed by atoms with Crippen molar-refractivity contribution in [3.8, 4) is 11.5 Å². The molecule has 0 saturated heterocycles. The van der Waals surface area contributed by atoms with Crippen LogP contribution in [0.1, 0.15) is 78.9 Å². The van der Waals surface area contributed by atoms with Gasteiger partial charge in [-0.3, -0.25) is 14.3 Å². The second kappa shape index (κ2) is 9.89. The minimum absolute atomic E-state index is 0.0418. The van der Waals surface area contributed by atoms with E-state index < -0.39 is 11.8 Å². The lowest BCUT2D eigenvalue weighted by atomic mass is 9.85. The van der Waals surface area contributed by atoms with Crippen LogP contribution in [0.3, 0.4) is 0 Å². The first-order valence-electron chi connectivity index (χ1n) is 12.4. The van der Waals surface area contributed by atoms with E-state index in [1.807, 2.05) is 6.07 Å². The van der Waals surface area contributed by atoms with Gasteiger partial charge < -0.3 is 20.8 Å². The first-order chi connectivity index (χ1) is 17.0. The molecular weight excluding hydrogens is 446 g/mol. The minimum Gasteiger partial charge on any atom is -0.444 e. The molecule has 2 fully saturated rings. The third-order valence-electron chi connectivity index (χ3n) is 6.99. The third-order valence-corrected chi connectivity index (χ3v) is 6.99. The lowest BCUT2D eigenvalue weighted by molar-refractivity contribution is 0.0994. The molecule has 2 aliphatic rings. The van der Waals surface area contributed by atoms with Crippen molar-refractivity contribution in [1.29, 1.82) is 0 Å². The zero-order valence-corrected chi connectivity index (χ0v) is 19.9. The Morgan fingerprint density at radius 1 is 1.17 bits per heavy atom. The SMILES string of the molecule is CC[C@H]1CC[C@@H](n2cc(NC(=O)c3coc(-c4ccnc(NCC5CC5)c4)n3)c(C(N)=O)n2)CC1. The Hall–Kier alpha value is -3.69. The first kappa shape index (κ1) is 23.1. The van der Waals surface area contributed by atoms with Gasteiger partial charge in [-0.25, -0.2) is 9.97 Å². The van der Waals surface area contributed by atoms with Crippen LogP contribution in [-0.4, -0.2) is 38.1 Å². The van der Waals surface area contributed by atoms with E-state index in [1.165, 1.54) is 25.5 Å². The van der Waals surface area contributed by atoms with Gasteiger partial charge in [-0.15, -0.1) is 0 Å². The predicted octanol–water partition coefficient (Wildman–Crippen LogP) is 4.25. The Morgan fingerprint density at radius 3 is 2.66 bits per heavy atom. The molecule has 3 heterocycles. The number of anilines is 2. The number of carbonyl (C=O) groups excluding carboxylic acids is 2. The van der Waals surface area contributed by atoms with Crippen molar-refractivity contribution in [1.82, 2.24) is 19.7 Å². The molecule has 184 valence electrons. The molecule has 0 spiro atoms. The summed E-state index contributed by atoms with van der Waals surface area (Å²) in [7, 11) is 0.